The van der Waals surface area contributed by atoms with E-state index in [9.17, 15) is 4.79 Å². The van der Waals surface area contributed by atoms with Gasteiger partial charge in [-0.3, -0.25) is 9.36 Å². The molecule has 2 unspecified atom stereocenters. The zero-order chi connectivity index (χ0) is 21.4. The Morgan fingerprint density at radius 3 is 2.61 bits per heavy atom. The monoisotopic (exact) mass is 431 g/mol. The number of benzene rings is 3. The van der Waals surface area contributed by atoms with Crippen molar-refractivity contribution in [3.8, 4) is 11.1 Å². The molecule has 0 bridgehead atoms. The van der Waals surface area contributed by atoms with E-state index < -0.39 is 0 Å². The number of ether oxygens (including phenoxy) is 1. The molecular weight excluding hydrogens is 410 g/mol. The fourth-order valence-corrected chi connectivity index (χ4v) is 4.41. The zero-order valence-corrected chi connectivity index (χ0v) is 17.6. The Labute approximate surface area is 185 Å². The van der Waals surface area contributed by atoms with Crippen LogP contribution in [0.3, 0.4) is 0 Å². The lowest BCUT2D eigenvalue weighted by atomic mass is 10.0. The number of aromatic nitrogens is 2. The van der Waals surface area contributed by atoms with Crippen LogP contribution < -0.4 is 11.3 Å². The topological polar surface area (TPSA) is 70.1 Å². The Morgan fingerprint density at radius 1 is 1.00 bits per heavy atom. The highest BCUT2D eigenvalue weighted by atomic mass is 35.5. The van der Waals surface area contributed by atoms with Crippen molar-refractivity contribution in [3.05, 3.63) is 93.7 Å². The van der Waals surface area contributed by atoms with E-state index in [-0.39, 0.29) is 23.7 Å². The lowest BCUT2D eigenvalue weighted by Crippen LogP contribution is -2.29. The molecule has 1 aliphatic heterocycles. The molecule has 1 saturated heterocycles. The van der Waals surface area contributed by atoms with Gasteiger partial charge in [0, 0.05) is 5.02 Å². The first-order valence-corrected chi connectivity index (χ1v) is 10.7. The molecule has 0 aliphatic carbocycles. The molecule has 2 N–H and O–H groups in total. The van der Waals surface area contributed by atoms with E-state index in [0.717, 1.165) is 29.5 Å². The summed E-state index contributed by atoms with van der Waals surface area (Å²) in [6, 6.07) is 23.3. The number of hydrogen-bond acceptors (Lipinski definition) is 4. The molecule has 2 heterocycles. The molecule has 0 radical (unpaired) electrons. The molecule has 6 heteroatoms. The van der Waals surface area contributed by atoms with Crippen molar-refractivity contribution < 1.29 is 4.74 Å². The molecule has 2 atom stereocenters. The molecule has 156 valence electrons. The third kappa shape index (κ3) is 3.94. The molecule has 5 nitrogen and oxygen atoms in total. The van der Waals surface area contributed by atoms with Crippen molar-refractivity contribution in [3.63, 3.8) is 0 Å². The molecule has 3 aromatic carbocycles. The van der Waals surface area contributed by atoms with Crippen molar-refractivity contribution in [1.82, 2.24) is 9.55 Å². The molecule has 0 spiro atoms. The van der Waals surface area contributed by atoms with Gasteiger partial charge in [0.2, 0.25) is 5.95 Å². The van der Waals surface area contributed by atoms with Crippen LogP contribution in [0.15, 0.2) is 77.6 Å². The summed E-state index contributed by atoms with van der Waals surface area (Å²) in [4.78, 5) is 17.7. The summed E-state index contributed by atoms with van der Waals surface area (Å²) >= 11 is 6.11. The number of halogens is 1. The van der Waals surface area contributed by atoms with Crippen LogP contribution in [-0.2, 0) is 11.3 Å². The predicted molar refractivity (Wildman–Crippen MR) is 124 cm³/mol. The van der Waals surface area contributed by atoms with E-state index in [2.05, 4.69) is 17.1 Å². The van der Waals surface area contributed by atoms with Crippen LogP contribution in [0.2, 0.25) is 5.02 Å². The first-order chi connectivity index (χ1) is 15.1. The summed E-state index contributed by atoms with van der Waals surface area (Å²) in [6.45, 7) is 0.396. The van der Waals surface area contributed by atoms with Crippen molar-refractivity contribution in [2.24, 2.45) is 0 Å². The highest BCUT2D eigenvalue weighted by Gasteiger charge is 2.27. The second-order valence-corrected chi connectivity index (χ2v) is 8.30. The Balaban J connectivity index is 1.42. The predicted octanol–water partition coefficient (Wildman–Crippen LogP) is 5.22. The maximum atomic E-state index is 13.2. The average Bonchev–Trinajstić information content (AvgIpc) is 3.26. The van der Waals surface area contributed by atoms with Gasteiger partial charge in [-0.1, -0.05) is 60.1 Å². The summed E-state index contributed by atoms with van der Waals surface area (Å²) in [5, 5.41) is 1.20. The smallest absolute Gasteiger partial charge is 0.262 e. The number of anilines is 1. The van der Waals surface area contributed by atoms with Crippen LogP contribution in [0.25, 0.3) is 22.0 Å². The number of nitrogens with zero attached hydrogens (tertiary/aromatic N) is 2. The number of rotatable bonds is 4. The van der Waals surface area contributed by atoms with Gasteiger partial charge in [0.25, 0.3) is 5.56 Å². The van der Waals surface area contributed by atoms with Crippen molar-refractivity contribution in [1.29, 1.82) is 0 Å². The first-order valence-electron chi connectivity index (χ1n) is 10.3. The number of fused-ring (bicyclic) bond motifs is 1. The fourth-order valence-electron chi connectivity index (χ4n) is 4.22. The maximum absolute atomic E-state index is 13.2. The van der Waals surface area contributed by atoms with Crippen molar-refractivity contribution in [2.45, 2.75) is 31.6 Å². The average molecular weight is 432 g/mol. The molecule has 0 amide bonds. The van der Waals surface area contributed by atoms with Gasteiger partial charge >= 0.3 is 0 Å². The summed E-state index contributed by atoms with van der Waals surface area (Å²) < 4.78 is 7.73. The van der Waals surface area contributed by atoms with E-state index in [1.807, 2.05) is 54.6 Å². The lowest BCUT2D eigenvalue weighted by molar-refractivity contribution is 0.0348. The number of nitrogens with two attached hydrogens (primary N) is 1. The van der Waals surface area contributed by atoms with Crippen LogP contribution in [-0.4, -0.2) is 15.7 Å². The number of nitrogen functional groups attached to an aromatic ring is 1. The first kappa shape index (κ1) is 19.8. The van der Waals surface area contributed by atoms with Gasteiger partial charge in [-0.05, 0) is 53.8 Å². The highest BCUT2D eigenvalue weighted by Crippen LogP contribution is 2.33. The third-order valence-corrected chi connectivity index (χ3v) is 6.04. The van der Waals surface area contributed by atoms with Gasteiger partial charge in [0.1, 0.15) is 0 Å². The molecule has 1 aliphatic rings. The minimum atomic E-state index is -0.146. The Bertz CT molecular complexity index is 1300. The van der Waals surface area contributed by atoms with E-state index in [4.69, 9.17) is 22.1 Å². The fraction of sp³-hybridized carbons (Fsp3) is 0.200. The SMILES string of the molecule is Nc1nc2cc(-c3cccc(Cl)c3)ccc2c(=O)n1CC1CCC(c2ccccc2)O1. The minimum Gasteiger partial charge on any atom is -0.369 e. The van der Waals surface area contributed by atoms with Gasteiger partial charge in [-0.25, -0.2) is 4.98 Å². The van der Waals surface area contributed by atoms with Crippen LogP contribution in [0, 0.1) is 0 Å². The van der Waals surface area contributed by atoms with Crippen molar-refractivity contribution >= 4 is 28.5 Å². The molecule has 4 aromatic rings. The van der Waals surface area contributed by atoms with Gasteiger partial charge in [-0.2, -0.15) is 0 Å². The summed E-state index contributed by atoms with van der Waals surface area (Å²) in [7, 11) is 0. The number of hydrogen-bond donors (Lipinski definition) is 1. The lowest BCUT2D eigenvalue weighted by Gasteiger charge is -2.17. The Morgan fingerprint density at radius 2 is 1.81 bits per heavy atom. The largest absolute Gasteiger partial charge is 0.369 e. The van der Waals surface area contributed by atoms with Gasteiger partial charge in [0.15, 0.2) is 0 Å². The van der Waals surface area contributed by atoms with Gasteiger partial charge in [0.05, 0.1) is 29.7 Å². The zero-order valence-electron chi connectivity index (χ0n) is 16.9. The van der Waals surface area contributed by atoms with Gasteiger partial charge < -0.3 is 10.5 Å². The van der Waals surface area contributed by atoms with Gasteiger partial charge in [-0.15, -0.1) is 0 Å². The van der Waals surface area contributed by atoms with E-state index in [0.29, 0.717) is 22.5 Å². The van der Waals surface area contributed by atoms with E-state index >= 15 is 0 Å². The Kier molecular flexibility index (Phi) is 5.22. The maximum Gasteiger partial charge on any atom is 0.262 e. The molecule has 31 heavy (non-hydrogen) atoms. The van der Waals surface area contributed by atoms with E-state index in [1.54, 1.807) is 6.07 Å². The highest BCUT2D eigenvalue weighted by molar-refractivity contribution is 6.30. The van der Waals surface area contributed by atoms with Crippen LogP contribution in [0.4, 0.5) is 5.95 Å². The quantitative estimate of drug-likeness (QED) is 0.481. The molecule has 0 saturated carbocycles. The molecule has 5 rings (SSSR count). The summed E-state index contributed by atoms with van der Waals surface area (Å²) in [6.07, 6.45) is 1.77. The summed E-state index contributed by atoms with van der Waals surface area (Å²) in [5.41, 5.74) is 9.69. The standard InChI is InChI=1S/C25H22ClN3O2/c26-19-8-4-7-17(13-19)18-9-11-21-22(14-18)28-25(27)29(24(21)30)15-20-10-12-23(31-20)16-5-2-1-3-6-16/h1-9,11,13-14,20,23H,10,12,15H2,(H2,27,28). The second kappa shape index (κ2) is 8.17. The third-order valence-electron chi connectivity index (χ3n) is 5.81. The molecule has 1 aromatic heterocycles. The van der Waals surface area contributed by atoms with Crippen LogP contribution >= 0.6 is 11.6 Å². The Hall–Kier alpha value is -3.15. The molecule has 1 fully saturated rings. The second-order valence-electron chi connectivity index (χ2n) is 7.86. The minimum absolute atomic E-state index is 0.0526. The normalized spacial score (nSPS) is 18.5. The summed E-state index contributed by atoms with van der Waals surface area (Å²) in [5.74, 6) is 0.201. The van der Waals surface area contributed by atoms with Crippen molar-refractivity contribution in [2.75, 3.05) is 5.73 Å². The van der Waals surface area contributed by atoms with Crippen LogP contribution in [0.1, 0.15) is 24.5 Å². The van der Waals surface area contributed by atoms with Crippen LogP contribution in [0.5, 0.6) is 0 Å². The van der Waals surface area contributed by atoms with E-state index in [1.165, 1.54) is 4.57 Å². The molecular formula is C25H22ClN3O2.